The van der Waals surface area contributed by atoms with Crippen molar-refractivity contribution in [3.8, 4) is 12.1 Å². The third-order valence-corrected chi connectivity index (χ3v) is 4.90. The average molecular weight is 335 g/mol. The van der Waals surface area contributed by atoms with Crippen molar-refractivity contribution < 1.29 is 4.79 Å². The van der Waals surface area contributed by atoms with E-state index in [-0.39, 0.29) is 11.4 Å². The zero-order chi connectivity index (χ0) is 15.8. The molecule has 0 saturated heterocycles. The van der Waals surface area contributed by atoms with Crippen LogP contribution in [0.4, 0.5) is 0 Å². The maximum atomic E-state index is 12.6. The van der Waals surface area contributed by atoms with Crippen LogP contribution in [0.5, 0.6) is 0 Å². The fraction of sp³-hybridized carbons (Fsp3) is 0.133. The second kappa shape index (κ2) is 8.59. The zero-order valence-electron chi connectivity index (χ0n) is 11.4. The van der Waals surface area contributed by atoms with Gasteiger partial charge in [0, 0.05) is 16.2 Å². The molecule has 21 heavy (non-hydrogen) atoms. The Kier molecular flexibility index (Phi) is 7.11. The molecule has 0 aliphatic carbocycles. The summed E-state index contributed by atoms with van der Waals surface area (Å²) < 4.78 is 0.748. The average Bonchev–Trinajstić information content (AvgIpc) is 2.51. The highest BCUT2D eigenvalue weighted by molar-refractivity contribution is 8.21. The maximum Gasteiger partial charge on any atom is 0.194 e. The number of carbonyl (C=O) groups excluding carboxylic acids is 1. The van der Waals surface area contributed by atoms with Crippen molar-refractivity contribution in [3.05, 3.63) is 56.3 Å². The molecule has 106 valence electrons. The molecule has 0 N–H and O–H groups in total. The van der Waals surface area contributed by atoms with Gasteiger partial charge >= 0.3 is 0 Å². The number of hydrogen-bond donors (Lipinski definition) is 0. The van der Waals surface area contributed by atoms with Crippen LogP contribution in [0.25, 0.3) is 0 Å². The molecule has 0 radical (unpaired) electrons. The topological polar surface area (TPSA) is 64.7 Å². The molecule has 1 rings (SSSR count). The lowest BCUT2D eigenvalue weighted by Crippen LogP contribution is -2.04. The fourth-order valence-electron chi connectivity index (χ4n) is 1.51. The summed E-state index contributed by atoms with van der Waals surface area (Å²) in [6, 6.07) is 10.0. The molecule has 0 heterocycles. The SMILES string of the molecule is CSC(SC)=C(C=C(C#N)C#N)C(=O)c1ccc(Cl)cc1. The fourth-order valence-corrected chi connectivity index (χ4v) is 3.05. The van der Waals surface area contributed by atoms with Crippen LogP contribution >= 0.6 is 35.1 Å². The van der Waals surface area contributed by atoms with Crippen molar-refractivity contribution >= 4 is 40.9 Å². The highest BCUT2D eigenvalue weighted by Crippen LogP contribution is 2.30. The van der Waals surface area contributed by atoms with Crippen molar-refractivity contribution in [3.63, 3.8) is 0 Å². The normalized spacial score (nSPS) is 9.19. The second-order valence-electron chi connectivity index (χ2n) is 3.73. The van der Waals surface area contributed by atoms with Crippen molar-refractivity contribution in [2.45, 2.75) is 0 Å². The largest absolute Gasteiger partial charge is 0.289 e. The quantitative estimate of drug-likeness (QED) is 0.345. The van der Waals surface area contributed by atoms with E-state index in [0.717, 1.165) is 4.24 Å². The Morgan fingerprint density at radius 2 is 1.67 bits per heavy atom. The predicted octanol–water partition coefficient (Wildman–Crippen LogP) is 4.43. The summed E-state index contributed by atoms with van der Waals surface area (Å²) >= 11 is 8.61. The first-order valence-corrected chi connectivity index (χ1v) is 8.54. The third kappa shape index (κ3) is 4.68. The molecular formula is C15H11ClN2OS2. The van der Waals surface area contributed by atoms with Crippen molar-refractivity contribution in [2.75, 3.05) is 12.5 Å². The maximum absolute atomic E-state index is 12.6. The van der Waals surface area contributed by atoms with Gasteiger partial charge in [-0.3, -0.25) is 4.79 Å². The molecule has 0 saturated carbocycles. The number of hydrogen-bond acceptors (Lipinski definition) is 5. The van der Waals surface area contributed by atoms with Crippen LogP contribution in [0.3, 0.4) is 0 Å². The Bertz CT molecular complexity index is 657. The zero-order valence-corrected chi connectivity index (χ0v) is 13.8. The lowest BCUT2D eigenvalue weighted by molar-refractivity contribution is 0.103. The molecule has 0 amide bonds. The summed E-state index contributed by atoms with van der Waals surface area (Å²) in [6.45, 7) is 0. The molecule has 0 unspecified atom stereocenters. The van der Waals surface area contributed by atoms with Crippen LogP contribution in [0.15, 0.2) is 45.7 Å². The molecule has 0 aromatic heterocycles. The van der Waals surface area contributed by atoms with E-state index in [1.165, 1.54) is 29.6 Å². The number of rotatable bonds is 5. The van der Waals surface area contributed by atoms with E-state index in [9.17, 15) is 4.79 Å². The van der Waals surface area contributed by atoms with Gasteiger partial charge in [0.2, 0.25) is 0 Å². The lowest BCUT2D eigenvalue weighted by Gasteiger charge is -2.08. The van der Waals surface area contributed by atoms with Gasteiger partial charge in [-0.1, -0.05) is 11.6 Å². The van der Waals surface area contributed by atoms with E-state index in [0.29, 0.717) is 16.2 Å². The van der Waals surface area contributed by atoms with Gasteiger partial charge in [-0.05, 0) is 42.9 Å². The number of allylic oxidation sites excluding steroid dienone is 3. The molecule has 0 bridgehead atoms. The number of nitrogens with zero attached hydrogens (tertiary/aromatic N) is 2. The smallest absolute Gasteiger partial charge is 0.194 e. The summed E-state index contributed by atoms with van der Waals surface area (Å²) in [5, 5.41) is 18.3. The Morgan fingerprint density at radius 3 is 2.10 bits per heavy atom. The highest BCUT2D eigenvalue weighted by atomic mass is 35.5. The van der Waals surface area contributed by atoms with Crippen LogP contribution < -0.4 is 0 Å². The number of halogens is 1. The van der Waals surface area contributed by atoms with Crippen LogP contribution in [0.1, 0.15) is 10.4 Å². The summed E-state index contributed by atoms with van der Waals surface area (Å²) in [6.07, 6.45) is 5.01. The van der Waals surface area contributed by atoms with Gasteiger partial charge in [0.05, 0.1) is 4.24 Å². The Balaban J connectivity index is 3.39. The van der Waals surface area contributed by atoms with Crippen LogP contribution in [0, 0.1) is 22.7 Å². The molecule has 0 atom stereocenters. The predicted molar refractivity (Wildman–Crippen MR) is 89.1 cm³/mol. The number of nitriles is 2. The molecule has 0 fully saturated rings. The first-order valence-electron chi connectivity index (χ1n) is 5.71. The first-order chi connectivity index (χ1) is 10.1. The molecule has 1 aromatic rings. The third-order valence-electron chi connectivity index (χ3n) is 2.47. The van der Waals surface area contributed by atoms with Gasteiger partial charge in [0.1, 0.15) is 17.7 Å². The Hall–Kier alpha value is -1.66. The number of ketones is 1. The van der Waals surface area contributed by atoms with E-state index in [1.54, 1.807) is 36.4 Å². The standard InChI is InChI=1S/C15H11ClN2OS2/c1-20-15(21-2)13(7-10(8-17)9-18)14(19)11-3-5-12(16)6-4-11/h3-7H,1-2H3. The molecule has 0 spiro atoms. The van der Waals surface area contributed by atoms with E-state index in [2.05, 4.69) is 0 Å². The molecule has 6 heteroatoms. The second-order valence-corrected chi connectivity index (χ2v) is 6.05. The van der Waals surface area contributed by atoms with Gasteiger partial charge in [-0.2, -0.15) is 10.5 Å². The molecule has 0 aliphatic heterocycles. The minimum Gasteiger partial charge on any atom is -0.289 e. The van der Waals surface area contributed by atoms with E-state index in [4.69, 9.17) is 22.1 Å². The van der Waals surface area contributed by atoms with Gasteiger partial charge in [-0.25, -0.2) is 0 Å². The monoisotopic (exact) mass is 334 g/mol. The van der Waals surface area contributed by atoms with Crippen molar-refractivity contribution in [1.82, 2.24) is 0 Å². The Morgan fingerprint density at radius 1 is 1.14 bits per heavy atom. The van der Waals surface area contributed by atoms with Crippen molar-refractivity contribution in [2.24, 2.45) is 0 Å². The van der Waals surface area contributed by atoms with E-state index >= 15 is 0 Å². The molecule has 3 nitrogen and oxygen atoms in total. The van der Waals surface area contributed by atoms with Gasteiger partial charge < -0.3 is 0 Å². The van der Waals surface area contributed by atoms with Crippen molar-refractivity contribution in [1.29, 1.82) is 10.5 Å². The van der Waals surface area contributed by atoms with Gasteiger partial charge in [0.15, 0.2) is 5.78 Å². The lowest BCUT2D eigenvalue weighted by atomic mass is 10.0. The summed E-state index contributed by atoms with van der Waals surface area (Å²) in [5.74, 6) is -0.242. The minimum absolute atomic E-state index is 0.104. The number of Topliss-reactive ketones (excluding diaryl/α,β-unsaturated/α-hetero) is 1. The summed E-state index contributed by atoms with van der Waals surface area (Å²) in [4.78, 5) is 12.6. The van der Waals surface area contributed by atoms with Gasteiger partial charge in [-0.15, -0.1) is 23.5 Å². The summed E-state index contributed by atoms with van der Waals surface area (Å²) in [7, 11) is 0. The molecule has 0 aliphatic rings. The summed E-state index contributed by atoms with van der Waals surface area (Å²) in [5.41, 5.74) is 0.699. The Labute approximate surface area is 137 Å². The number of benzene rings is 1. The van der Waals surface area contributed by atoms with Gasteiger partial charge in [0.25, 0.3) is 0 Å². The minimum atomic E-state index is -0.242. The van der Waals surface area contributed by atoms with Crippen LogP contribution in [0.2, 0.25) is 5.02 Å². The number of carbonyl (C=O) groups is 1. The van der Waals surface area contributed by atoms with E-state index in [1.807, 2.05) is 12.5 Å². The van der Waals surface area contributed by atoms with Crippen LogP contribution in [-0.2, 0) is 0 Å². The molecule has 1 aromatic carbocycles. The first kappa shape index (κ1) is 17.4. The highest BCUT2D eigenvalue weighted by Gasteiger charge is 2.16. The van der Waals surface area contributed by atoms with Crippen LogP contribution in [-0.4, -0.2) is 18.3 Å². The number of thioether (sulfide) groups is 2. The molecular weight excluding hydrogens is 324 g/mol. The van der Waals surface area contributed by atoms with E-state index < -0.39 is 0 Å².